The quantitative estimate of drug-likeness (QED) is 0.642. The third-order valence-electron chi connectivity index (χ3n) is 5.74. The van der Waals surface area contributed by atoms with Gasteiger partial charge in [-0.05, 0) is 49.2 Å². The van der Waals surface area contributed by atoms with Crippen molar-refractivity contribution in [2.75, 3.05) is 38.5 Å². The molecule has 3 N–H and O–H groups in total. The molecular formula is C24H31N5O2. The molecule has 0 radical (unpaired) electrons. The molecule has 2 aromatic rings. The number of likely N-dealkylation sites (N-methyl/N-ethyl adjacent to an activating group) is 1. The Hall–Kier alpha value is -2.90. The minimum atomic E-state index is -0.225. The zero-order chi connectivity index (χ0) is 21.6. The highest BCUT2D eigenvalue weighted by Crippen LogP contribution is 2.19. The SMILES string of the molecule is CN1CCN(Cc2cccc(CNC(=O)c3cccc(NC(=O)NC4CC4)c3)c2)CC1. The third kappa shape index (κ3) is 6.54. The lowest BCUT2D eigenvalue weighted by molar-refractivity contribution is 0.0951. The van der Waals surface area contributed by atoms with Crippen LogP contribution in [0.5, 0.6) is 0 Å². The third-order valence-corrected chi connectivity index (χ3v) is 5.74. The van der Waals surface area contributed by atoms with Crippen molar-refractivity contribution in [3.8, 4) is 0 Å². The smallest absolute Gasteiger partial charge is 0.319 e. The summed E-state index contributed by atoms with van der Waals surface area (Å²) in [6.07, 6.45) is 2.07. The van der Waals surface area contributed by atoms with Crippen molar-refractivity contribution >= 4 is 17.6 Å². The highest BCUT2D eigenvalue weighted by atomic mass is 16.2. The molecule has 0 aromatic heterocycles. The number of amides is 3. The maximum atomic E-state index is 12.6. The van der Waals surface area contributed by atoms with Crippen molar-refractivity contribution < 1.29 is 9.59 Å². The minimum absolute atomic E-state index is 0.157. The lowest BCUT2D eigenvalue weighted by atomic mass is 10.1. The summed E-state index contributed by atoms with van der Waals surface area (Å²) in [6, 6.07) is 15.5. The summed E-state index contributed by atoms with van der Waals surface area (Å²) >= 11 is 0. The monoisotopic (exact) mass is 421 g/mol. The van der Waals surface area contributed by atoms with E-state index in [0.717, 1.165) is 51.1 Å². The van der Waals surface area contributed by atoms with Crippen LogP contribution in [0, 0.1) is 0 Å². The summed E-state index contributed by atoms with van der Waals surface area (Å²) in [7, 11) is 2.16. The molecule has 1 aliphatic carbocycles. The molecule has 3 amide bonds. The predicted octanol–water partition coefficient (Wildman–Crippen LogP) is 2.65. The van der Waals surface area contributed by atoms with E-state index in [1.54, 1.807) is 24.3 Å². The Morgan fingerprint density at radius 1 is 0.968 bits per heavy atom. The van der Waals surface area contributed by atoms with Gasteiger partial charge in [0.25, 0.3) is 5.91 Å². The molecule has 4 rings (SSSR count). The molecule has 0 bridgehead atoms. The van der Waals surface area contributed by atoms with Gasteiger partial charge in [0.15, 0.2) is 0 Å². The first-order chi connectivity index (χ1) is 15.0. The lowest BCUT2D eigenvalue weighted by Crippen LogP contribution is -2.43. The Balaban J connectivity index is 1.29. The summed E-state index contributed by atoms with van der Waals surface area (Å²) in [4.78, 5) is 29.4. The van der Waals surface area contributed by atoms with Crippen molar-refractivity contribution in [1.29, 1.82) is 0 Å². The van der Waals surface area contributed by atoms with E-state index >= 15 is 0 Å². The Morgan fingerprint density at radius 3 is 2.48 bits per heavy atom. The highest BCUT2D eigenvalue weighted by molar-refractivity contribution is 5.96. The van der Waals surface area contributed by atoms with Crippen LogP contribution in [0.2, 0.25) is 0 Å². The van der Waals surface area contributed by atoms with E-state index in [0.29, 0.717) is 23.8 Å². The molecule has 7 nitrogen and oxygen atoms in total. The van der Waals surface area contributed by atoms with Gasteiger partial charge < -0.3 is 20.9 Å². The van der Waals surface area contributed by atoms with Gasteiger partial charge in [-0.3, -0.25) is 9.69 Å². The van der Waals surface area contributed by atoms with E-state index in [1.807, 2.05) is 6.07 Å². The second kappa shape index (κ2) is 9.94. The molecule has 2 aliphatic rings. The van der Waals surface area contributed by atoms with Crippen molar-refractivity contribution in [2.24, 2.45) is 0 Å². The van der Waals surface area contributed by atoms with Crippen molar-refractivity contribution in [3.63, 3.8) is 0 Å². The molecule has 0 spiro atoms. The first-order valence-electron chi connectivity index (χ1n) is 11.0. The van der Waals surface area contributed by atoms with Gasteiger partial charge in [0.1, 0.15) is 0 Å². The Kier molecular flexibility index (Phi) is 6.84. The Bertz CT molecular complexity index is 920. The summed E-state index contributed by atoms with van der Waals surface area (Å²) in [6.45, 7) is 5.78. The maximum Gasteiger partial charge on any atom is 0.319 e. The zero-order valence-electron chi connectivity index (χ0n) is 18.1. The molecule has 2 fully saturated rings. The number of nitrogens with one attached hydrogen (secondary N) is 3. The topological polar surface area (TPSA) is 76.7 Å². The van der Waals surface area contributed by atoms with Crippen LogP contribution >= 0.6 is 0 Å². The van der Waals surface area contributed by atoms with Gasteiger partial charge >= 0.3 is 6.03 Å². The second-order valence-corrected chi connectivity index (χ2v) is 8.54. The Labute approximate surface area is 183 Å². The number of rotatable bonds is 7. The molecule has 2 aromatic carbocycles. The maximum absolute atomic E-state index is 12.6. The van der Waals surface area contributed by atoms with Crippen LogP contribution in [0.1, 0.15) is 34.3 Å². The Morgan fingerprint density at radius 2 is 1.71 bits per heavy atom. The highest BCUT2D eigenvalue weighted by Gasteiger charge is 2.23. The molecule has 164 valence electrons. The number of hydrogen-bond acceptors (Lipinski definition) is 4. The fourth-order valence-electron chi connectivity index (χ4n) is 3.70. The second-order valence-electron chi connectivity index (χ2n) is 8.54. The van der Waals surface area contributed by atoms with Gasteiger partial charge in [0, 0.05) is 56.6 Å². The van der Waals surface area contributed by atoms with Gasteiger partial charge in [-0.25, -0.2) is 4.79 Å². The van der Waals surface area contributed by atoms with Crippen LogP contribution in [-0.4, -0.2) is 61.0 Å². The summed E-state index contributed by atoms with van der Waals surface area (Å²) < 4.78 is 0. The fourth-order valence-corrected chi connectivity index (χ4v) is 3.70. The summed E-state index contributed by atoms with van der Waals surface area (Å²) in [5.74, 6) is -0.157. The van der Waals surface area contributed by atoms with Crippen molar-refractivity contribution in [3.05, 3.63) is 65.2 Å². The number of nitrogens with zero attached hydrogens (tertiary/aromatic N) is 2. The van der Waals surface area contributed by atoms with Crippen molar-refractivity contribution in [2.45, 2.75) is 32.0 Å². The van der Waals surface area contributed by atoms with E-state index in [4.69, 9.17) is 0 Å². The van der Waals surface area contributed by atoms with Crippen LogP contribution in [-0.2, 0) is 13.1 Å². The molecule has 1 saturated carbocycles. The van der Waals surface area contributed by atoms with Gasteiger partial charge in [0.2, 0.25) is 0 Å². The number of anilines is 1. The summed E-state index contributed by atoms with van der Waals surface area (Å²) in [5.41, 5.74) is 3.49. The number of hydrogen-bond donors (Lipinski definition) is 3. The van der Waals surface area contributed by atoms with E-state index in [2.05, 4.69) is 51.0 Å². The number of carbonyl (C=O) groups excluding carboxylic acids is 2. The first-order valence-corrected chi connectivity index (χ1v) is 11.0. The number of benzene rings is 2. The lowest BCUT2D eigenvalue weighted by Gasteiger charge is -2.32. The average molecular weight is 422 g/mol. The standard InChI is InChI=1S/C24H31N5O2/c1-28-10-12-29(13-11-28)17-19-5-2-4-18(14-19)16-25-23(30)20-6-3-7-22(15-20)27-24(31)26-21-8-9-21/h2-7,14-15,21H,8-13,16-17H2,1H3,(H,25,30)(H2,26,27,31). The van der Waals surface area contributed by atoms with E-state index in [9.17, 15) is 9.59 Å². The van der Waals surface area contributed by atoms with Crippen LogP contribution in [0.3, 0.4) is 0 Å². The fraction of sp³-hybridized carbons (Fsp3) is 0.417. The minimum Gasteiger partial charge on any atom is -0.348 e. The molecule has 1 saturated heterocycles. The zero-order valence-corrected chi connectivity index (χ0v) is 18.1. The van der Waals surface area contributed by atoms with Gasteiger partial charge in [-0.1, -0.05) is 30.3 Å². The van der Waals surface area contributed by atoms with E-state index in [1.165, 1.54) is 5.56 Å². The van der Waals surface area contributed by atoms with Gasteiger partial charge in [0.05, 0.1) is 0 Å². The van der Waals surface area contributed by atoms with E-state index in [-0.39, 0.29) is 11.9 Å². The number of urea groups is 1. The molecule has 1 heterocycles. The predicted molar refractivity (Wildman–Crippen MR) is 122 cm³/mol. The van der Waals surface area contributed by atoms with Gasteiger partial charge in [-0.2, -0.15) is 0 Å². The number of carbonyl (C=O) groups is 2. The molecule has 31 heavy (non-hydrogen) atoms. The largest absolute Gasteiger partial charge is 0.348 e. The molecule has 1 aliphatic heterocycles. The number of piperazine rings is 1. The van der Waals surface area contributed by atoms with E-state index < -0.39 is 0 Å². The van der Waals surface area contributed by atoms with Crippen LogP contribution in [0.25, 0.3) is 0 Å². The molecule has 7 heteroatoms. The first kappa shape index (κ1) is 21.3. The van der Waals surface area contributed by atoms with Crippen LogP contribution in [0.4, 0.5) is 10.5 Å². The van der Waals surface area contributed by atoms with Crippen molar-refractivity contribution in [1.82, 2.24) is 20.4 Å². The molecule has 0 atom stereocenters. The average Bonchev–Trinajstić information content (AvgIpc) is 3.58. The molecule has 0 unspecified atom stereocenters. The van der Waals surface area contributed by atoms with Crippen LogP contribution in [0.15, 0.2) is 48.5 Å². The normalized spacial score (nSPS) is 17.2. The summed E-state index contributed by atoms with van der Waals surface area (Å²) in [5, 5.41) is 8.66. The van der Waals surface area contributed by atoms with Crippen LogP contribution < -0.4 is 16.0 Å². The molecular weight excluding hydrogens is 390 g/mol. The van der Waals surface area contributed by atoms with Gasteiger partial charge in [-0.15, -0.1) is 0 Å².